The van der Waals surface area contributed by atoms with Crippen LogP contribution in [0.25, 0.3) is 17.0 Å². The molecule has 1 aromatic heterocycles. The van der Waals surface area contributed by atoms with Crippen LogP contribution in [0.5, 0.6) is 0 Å². The van der Waals surface area contributed by atoms with Crippen molar-refractivity contribution in [3.8, 4) is 0 Å². The fourth-order valence-corrected chi connectivity index (χ4v) is 2.78. The molecule has 3 rings (SSSR count). The van der Waals surface area contributed by atoms with E-state index in [-0.39, 0.29) is 0 Å². The predicted molar refractivity (Wildman–Crippen MR) is 81.6 cm³/mol. The standard InChI is InChI=1S/C16H21N3O/c1-12(9-13-11-20-8-7-17-13)10-15-14-5-3-4-6-16(14)19(2)18-15/h3-6,10,13,17H,7-9,11H2,1-2H3/b12-10-. The molecule has 1 aliphatic heterocycles. The highest BCUT2D eigenvalue weighted by molar-refractivity contribution is 5.87. The van der Waals surface area contributed by atoms with Gasteiger partial charge in [0.1, 0.15) is 0 Å². The van der Waals surface area contributed by atoms with E-state index in [2.05, 4.69) is 41.6 Å². The lowest BCUT2D eigenvalue weighted by atomic mass is 10.1. The topological polar surface area (TPSA) is 39.1 Å². The predicted octanol–water partition coefficient (Wildman–Crippen LogP) is 2.36. The van der Waals surface area contributed by atoms with E-state index in [0.29, 0.717) is 6.04 Å². The fraction of sp³-hybridized carbons (Fsp3) is 0.438. The van der Waals surface area contributed by atoms with Gasteiger partial charge in [0.15, 0.2) is 0 Å². The molecule has 0 saturated carbocycles. The van der Waals surface area contributed by atoms with Crippen molar-refractivity contribution >= 4 is 17.0 Å². The number of morpholine rings is 1. The van der Waals surface area contributed by atoms with Crippen molar-refractivity contribution in [2.75, 3.05) is 19.8 Å². The Morgan fingerprint density at radius 3 is 3.15 bits per heavy atom. The number of para-hydroxylation sites is 1. The summed E-state index contributed by atoms with van der Waals surface area (Å²) in [5.41, 5.74) is 3.56. The highest BCUT2D eigenvalue weighted by Gasteiger charge is 2.13. The van der Waals surface area contributed by atoms with Crippen LogP contribution in [-0.4, -0.2) is 35.6 Å². The molecule has 1 N–H and O–H groups in total. The Kier molecular flexibility index (Phi) is 3.85. The van der Waals surface area contributed by atoms with Crippen LogP contribution in [-0.2, 0) is 11.8 Å². The van der Waals surface area contributed by atoms with E-state index in [0.717, 1.165) is 31.9 Å². The van der Waals surface area contributed by atoms with Crippen molar-refractivity contribution in [3.05, 3.63) is 35.5 Å². The smallest absolute Gasteiger partial charge is 0.0929 e. The zero-order valence-electron chi connectivity index (χ0n) is 12.1. The van der Waals surface area contributed by atoms with Crippen molar-refractivity contribution in [3.63, 3.8) is 0 Å². The molecule has 0 amide bonds. The van der Waals surface area contributed by atoms with Gasteiger partial charge in [-0.25, -0.2) is 0 Å². The van der Waals surface area contributed by atoms with Crippen LogP contribution >= 0.6 is 0 Å². The zero-order valence-corrected chi connectivity index (χ0v) is 12.1. The molecule has 1 unspecified atom stereocenters. The van der Waals surface area contributed by atoms with E-state index in [1.54, 1.807) is 0 Å². The van der Waals surface area contributed by atoms with Crippen LogP contribution in [0, 0.1) is 0 Å². The lowest BCUT2D eigenvalue weighted by molar-refractivity contribution is 0.0771. The Morgan fingerprint density at radius 1 is 1.50 bits per heavy atom. The van der Waals surface area contributed by atoms with Crippen molar-refractivity contribution in [1.29, 1.82) is 0 Å². The number of benzene rings is 1. The Hall–Kier alpha value is -1.65. The average Bonchev–Trinajstić information content (AvgIpc) is 2.77. The number of ether oxygens (including phenoxy) is 1. The molecule has 0 aliphatic carbocycles. The summed E-state index contributed by atoms with van der Waals surface area (Å²) in [5.74, 6) is 0. The molecule has 0 spiro atoms. The first-order valence-corrected chi connectivity index (χ1v) is 7.14. The van der Waals surface area contributed by atoms with E-state index in [9.17, 15) is 0 Å². The van der Waals surface area contributed by atoms with E-state index in [1.807, 2.05) is 17.8 Å². The number of nitrogens with zero attached hydrogens (tertiary/aromatic N) is 2. The second-order valence-electron chi connectivity index (χ2n) is 5.45. The molecule has 20 heavy (non-hydrogen) atoms. The third kappa shape index (κ3) is 2.76. The van der Waals surface area contributed by atoms with E-state index in [4.69, 9.17) is 4.74 Å². The van der Waals surface area contributed by atoms with Gasteiger partial charge in [0.05, 0.1) is 24.4 Å². The van der Waals surface area contributed by atoms with Gasteiger partial charge in [-0.2, -0.15) is 5.10 Å². The van der Waals surface area contributed by atoms with Crippen LogP contribution < -0.4 is 5.32 Å². The quantitative estimate of drug-likeness (QED) is 0.931. The van der Waals surface area contributed by atoms with Crippen LogP contribution in [0.15, 0.2) is 29.8 Å². The largest absolute Gasteiger partial charge is 0.379 e. The van der Waals surface area contributed by atoms with Crippen LogP contribution in [0.4, 0.5) is 0 Å². The molecule has 2 heterocycles. The van der Waals surface area contributed by atoms with Crippen LogP contribution in [0.1, 0.15) is 19.0 Å². The third-order valence-electron chi connectivity index (χ3n) is 3.74. The lowest BCUT2D eigenvalue weighted by Crippen LogP contribution is -2.41. The fourth-order valence-electron chi connectivity index (χ4n) is 2.78. The second-order valence-corrected chi connectivity index (χ2v) is 5.45. The van der Waals surface area contributed by atoms with Crippen molar-refractivity contribution < 1.29 is 4.74 Å². The molecule has 1 saturated heterocycles. The summed E-state index contributed by atoms with van der Waals surface area (Å²) in [7, 11) is 1.99. The summed E-state index contributed by atoms with van der Waals surface area (Å²) in [4.78, 5) is 0. The summed E-state index contributed by atoms with van der Waals surface area (Å²) < 4.78 is 7.44. The number of aryl methyl sites for hydroxylation is 1. The SMILES string of the molecule is C/C(=C/c1nn(C)c2ccccc12)CC1COCCN1. The highest BCUT2D eigenvalue weighted by Crippen LogP contribution is 2.21. The van der Waals surface area contributed by atoms with Gasteiger partial charge in [-0.3, -0.25) is 4.68 Å². The molecular formula is C16H21N3O. The molecule has 106 valence electrons. The normalized spacial score (nSPS) is 20.5. The maximum Gasteiger partial charge on any atom is 0.0929 e. The molecule has 1 aliphatic rings. The van der Waals surface area contributed by atoms with Gasteiger partial charge in [-0.05, 0) is 25.5 Å². The monoisotopic (exact) mass is 271 g/mol. The summed E-state index contributed by atoms with van der Waals surface area (Å²) in [6, 6.07) is 8.77. The zero-order chi connectivity index (χ0) is 13.9. The molecule has 0 radical (unpaired) electrons. The van der Waals surface area contributed by atoms with Crippen molar-refractivity contribution in [1.82, 2.24) is 15.1 Å². The van der Waals surface area contributed by atoms with Crippen molar-refractivity contribution in [2.45, 2.75) is 19.4 Å². The average molecular weight is 271 g/mol. The molecule has 1 atom stereocenters. The van der Waals surface area contributed by atoms with Gasteiger partial charge in [-0.1, -0.05) is 23.8 Å². The molecule has 1 aromatic carbocycles. The molecule has 0 bridgehead atoms. The van der Waals surface area contributed by atoms with Crippen LogP contribution in [0.3, 0.4) is 0 Å². The first kappa shape index (κ1) is 13.3. The molecule has 2 aromatic rings. The van der Waals surface area contributed by atoms with E-state index < -0.39 is 0 Å². The minimum atomic E-state index is 0.426. The third-order valence-corrected chi connectivity index (χ3v) is 3.74. The minimum Gasteiger partial charge on any atom is -0.379 e. The van der Waals surface area contributed by atoms with Gasteiger partial charge >= 0.3 is 0 Å². The van der Waals surface area contributed by atoms with Gasteiger partial charge in [0.2, 0.25) is 0 Å². The second kappa shape index (κ2) is 5.77. The summed E-state index contributed by atoms with van der Waals surface area (Å²) in [6.07, 6.45) is 3.20. The molecule has 4 nitrogen and oxygen atoms in total. The molecule has 1 fully saturated rings. The Balaban J connectivity index is 1.82. The number of hydrogen-bond acceptors (Lipinski definition) is 3. The van der Waals surface area contributed by atoms with E-state index >= 15 is 0 Å². The van der Waals surface area contributed by atoms with Crippen LogP contribution in [0.2, 0.25) is 0 Å². The number of fused-ring (bicyclic) bond motifs is 1. The number of aromatic nitrogens is 2. The number of hydrogen-bond donors (Lipinski definition) is 1. The molecule has 4 heteroatoms. The molecular weight excluding hydrogens is 250 g/mol. The van der Waals surface area contributed by atoms with Gasteiger partial charge in [0.25, 0.3) is 0 Å². The van der Waals surface area contributed by atoms with Gasteiger partial charge in [-0.15, -0.1) is 0 Å². The maximum absolute atomic E-state index is 5.50. The first-order chi connectivity index (χ1) is 9.74. The minimum absolute atomic E-state index is 0.426. The Bertz CT molecular complexity index is 624. The van der Waals surface area contributed by atoms with Crippen molar-refractivity contribution in [2.24, 2.45) is 7.05 Å². The summed E-state index contributed by atoms with van der Waals surface area (Å²) in [5, 5.41) is 9.31. The maximum atomic E-state index is 5.50. The van der Waals surface area contributed by atoms with Gasteiger partial charge in [0, 0.05) is 25.0 Å². The Labute approximate surface area is 119 Å². The number of nitrogens with one attached hydrogen (secondary N) is 1. The highest BCUT2D eigenvalue weighted by atomic mass is 16.5. The first-order valence-electron chi connectivity index (χ1n) is 7.14. The number of rotatable bonds is 3. The van der Waals surface area contributed by atoms with Gasteiger partial charge < -0.3 is 10.1 Å². The Morgan fingerprint density at radius 2 is 2.35 bits per heavy atom. The summed E-state index contributed by atoms with van der Waals surface area (Å²) in [6.45, 7) is 4.74. The van der Waals surface area contributed by atoms with E-state index in [1.165, 1.54) is 16.5 Å². The summed E-state index contributed by atoms with van der Waals surface area (Å²) >= 11 is 0. The lowest BCUT2D eigenvalue weighted by Gasteiger charge is -2.23.